The first-order valence-corrected chi connectivity index (χ1v) is 6.25. The fourth-order valence-electron chi connectivity index (χ4n) is 1.89. The molecule has 0 aliphatic heterocycles. The van der Waals surface area contributed by atoms with Crippen molar-refractivity contribution >= 4 is 11.6 Å². The van der Waals surface area contributed by atoms with Gasteiger partial charge in [-0.05, 0) is 23.1 Å². The van der Waals surface area contributed by atoms with E-state index in [0.717, 1.165) is 0 Å². The van der Waals surface area contributed by atoms with E-state index in [4.69, 9.17) is 5.73 Å². The summed E-state index contributed by atoms with van der Waals surface area (Å²) in [4.78, 5) is 16.2. The van der Waals surface area contributed by atoms with E-state index in [2.05, 4.69) is 25.8 Å². The number of carbonyl (C=O) groups is 1. The van der Waals surface area contributed by atoms with Crippen molar-refractivity contribution in [2.24, 2.45) is 0 Å². The van der Waals surface area contributed by atoms with Gasteiger partial charge in [0.15, 0.2) is 5.78 Å². The molecule has 0 unspecified atom stereocenters. The maximum absolute atomic E-state index is 12.3. The van der Waals surface area contributed by atoms with Gasteiger partial charge < -0.3 is 5.73 Å². The summed E-state index contributed by atoms with van der Waals surface area (Å²) in [5.41, 5.74) is 8.08. The smallest absolute Gasteiger partial charge is 0.196 e. The van der Waals surface area contributed by atoms with Gasteiger partial charge in [0.1, 0.15) is 5.82 Å². The Labute approximate surface area is 113 Å². The Bertz CT molecular complexity index is 595. The minimum atomic E-state index is -0.0916. The maximum Gasteiger partial charge on any atom is 0.196 e. The third-order valence-electron chi connectivity index (χ3n) is 3.10. The van der Waals surface area contributed by atoms with Crippen molar-refractivity contribution in [3.63, 3.8) is 0 Å². The summed E-state index contributed by atoms with van der Waals surface area (Å²) in [5.74, 6) is 0.179. The average molecular weight is 254 g/mol. The predicted octanol–water partition coefficient (Wildman–Crippen LogP) is 3.19. The van der Waals surface area contributed by atoms with Crippen LogP contribution in [0.1, 0.15) is 42.3 Å². The zero-order valence-corrected chi connectivity index (χ0v) is 11.5. The summed E-state index contributed by atoms with van der Waals surface area (Å²) >= 11 is 0. The highest BCUT2D eigenvalue weighted by atomic mass is 16.1. The third-order valence-corrected chi connectivity index (χ3v) is 3.10. The average Bonchev–Trinajstić information content (AvgIpc) is 2.38. The second-order valence-electron chi connectivity index (χ2n) is 5.59. The molecule has 2 rings (SSSR count). The molecule has 98 valence electrons. The van der Waals surface area contributed by atoms with Crippen LogP contribution in [0.5, 0.6) is 0 Å². The number of carbonyl (C=O) groups excluding carboxylic acids is 1. The Hall–Kier alpha value is -2.16. The van der Waals surface area contributed by atoms with Crippen LogP contribution >= 0.6 is 0 Å². The van der Waals surface area contributed by atoms with Gasteiger partial charge in [0.2, 0.25) is 0 Å². The van der Waals surface area contributed by atoms with Crippen LogP contribution in [0.25, 0.3) is 0 Å². The highest BCUT2D eigenvalue weighted by Gasteiger charge is 2.16. The van der Waals surface area contributed by atoms with Crippen LogP contribution in [0.15, 0.2) is 42.6 Å². The van der Waals surface area contributed by atoms with Crippen molar-refractivity contribution in [3.8, 4) is 0 Å². The predicted molar refractivity (Wildman–Crippen MR) is 77.2 cm³/mol. The van der Waals surface area contributed by atoms with E-state index in [9.17, 15) is 4.79 Å². The molecule has 2 aromatic rings. The number of rotatable bonds is 2. The van der Waals surface area contributed by atoms with Crippen molar-refractivity contribution in [1.29, 1.82) is 0 Å². The molecule has 0 atom stereocenters. The van der Waals surface area contributed by atoms with Crippen LogP contribution in [-0.4, -0.2) is 10.8 Å². The quantitative estimate of drug-likeness (QED) is 0.837. The molecule has 0 amide bonds. The third kappa shape index (κ3) is 2.81. The molecule has 1 aromatic heterocycles. The first-order chi connectivity index (χ1) is 8.89. The molecule has 3 nitrogen and oxygen atoms in total. The number of nitrogens with two attached hydrogens (primary N) is 1. The number of nitrogens with zero attached hydrogens (tertiary/aromatic N) is 1. The van der Waals surface area contributed by atoms with Crippen molar-refractivity contribution < 1.29 is 4.79 Å². The number of anilines is 1. The van der Waals surface area contributed by atoms with E-state index >= 15 is 0 Å². The van der Waals surface area contributed by atoms with Gasteiger partial charge in [0.25, 0.3) is 0 Å². The molecule has 0 bridgehead atoms. The number of pyridine rings is 1. The lowest BCUT2D eigenvalue weighted by Gasteiger charge is -2.19. The van der Waals surface area contributed by atoms with Crippen LogP contribution in [0.3, 0.4) is 0 Å². The largest absolute Gasteiger partial charge is 0.383 e. The van der Waals surface area contributed by atoms with Crippen LogP contribution in [0, 0.1) is 0 Å². The minimum absolute atomic E-state index is 0.0783. The van der Waals surface area contributed by atoms with Crippen molar-refractivity contribution in [3.05, 3.63) is 59.3 Å². The topological polar surface area (TPSA) is 56.0 Å². The number of nitrogen functional groups attached to an aromatic ring is 1. The van der Waals surface area contributed by atoms with Gasteiger partial charge in [0, 0.05) is 11.8 Å². The molecule has 2 N–H and O–H groups in total. The Kier molecular flexibility index (Phi) is 3.38. The fourth-order valence-corrected chi connectivity index (χ4v) is 1.89. The number of hydrogen-bond acceptors (Lipinski definition) is 3. The number of hydrogen-bond donors (Lipinski definition) is 1. The Balaban J connectivity index is 2.34. The minimum Gasteiger partial charge on any atom is -0.383 e. The molecule has 0 saturated carbocycles. The molecule has 0 aliphatic rings. The molecule has 0 saturated heterocycles. The van der Waals surface area contributed by atoms with Crippen LogP contribution in [0.4, 0.5) is 5.82 Å². The molecule has 0 spiro atoms. The van der Waals surface area contributed by atoms with Crippen molar-refractivity contribution in [1.82, 2.24) is 4.98 Å². The second kappa shape index (κ2) is 4.84. The van der Waals surface area contributed by atoms with Gasteiger partial charge >= 0.3 is 0 Å². The summed E-state index contributed by atoms with van der Waals surface area (Å²) in [7, 11) is 0. The SMILES string of the molecule is CC(C)(C)c1ccc(C(=O)c2cccnc2N)cc1. The molecule has 0 aliphatic carbocycles. The lowest BCUT2D eigenvalue weighted by atomic mass is 9.86. The van der Waals surface area contributed by atoms with Gasteiger partial charge in [0.05, 0.1) is 5.56 Å². The van der Waals surface area contributed by atoms with Gasteiger partial charge in [-0.1, -0.05) is 45.0 Å². The zero-order valence-electron chi connectivity index (χ0n) is 11.5. The normalized spacial score (nSPS) is 11.3. The Morgan fingerprint density at radius 3 is 2.26 bits per heavy atom. The maximum atomic E-state index is 12.3. The number of aromatic nitrogens is 1. The monoisotopic (exact) mass is 254 g/mol. The molecule has 3 heteroatoms. The van der Waals surface area contributed by atoms with Crippen LogP contribution in [0.2, 0.25) is 0 Å². The molecule has 1 heterocycles. The number of ketones is 1. The standard InChI is InChI=1S/C16H18N2O/c1-16(2,3)12-8-6-11(7-9-12)14(19)13-5-4-10-18-15(13)17/h4-10H,1-3H3,(H2,17,18). The summed E-state index contributed by atoms with van der Waals surface area (Å²) in [5, 5.41) is 0. The zero-order chi connectivity index (χ0) is 14.0. The lowest BCUT2D eigenvalue weighted by Crippen LogP contribution is -2.12. The lowest BCUT2D eigenvalue weighted by molar-refractivity contribution is 0.103. The first kappa shape index (κ1) is 13.3. The fraction of sp³-hybridized carbons (Fsp3) is 0.250. The van der Waals surface area contributed by atoms with E-state index in [1.54, 1.807) is 18.3 Å². The van der Waals surface area contributed by atoms with Gasteiger partial charge in [-0.15, -0.1) is 0 Å². The highest BCUT2D eigenvalue weighted by molar-refractivity contribution is 6.11. The van der Waals surface area contributed by atoms with Gasteiger partial charge in [-0.3, -0.25) is 4.79 Å². The van der Waals surface area contributed by atoms with E-state index < -0.39 is 0 Å². The molecule has 1 aromatic carbocycles. The van der Waals surface area contributed by atoms with E-state index in [-0.39, 0.29) is 17.0 Å². The molecular weight excluding hydrogens is 236 g/mol. The van der Waals surface area contributed by atoms with Crippen LogP contribution < -0.4 is 5.73 Å². The van der Waals surface area contributed by atoms with Gasteiger partial charge in [-0.25, -0.2) is 4.98 Å². The number of benzene rings is 1. The Morgan fingerprint density at radius 1 is 1.11 bits per heavy atom. The first-order valence-electron chi connectivity index (χ1n) is 6.25. The Morgan fingerprint density at radius 2 is 1.74 bits per heavy atom. The molecular formula is C16H18N2O. The van der Waals surface area contributed by atoms with Gasteiger partial charge in [-0.2, -0.15) is 0 Å². The molecule has 0 fully saturated rings. The van der Waals surface area contributed by atoms with E-state index in [1.165, 1.54) is 5.56 Å². The summed E-state index contributed by atoms with van der Waals surface area (Å²) in [6.45, 7) is 6.43. The van der Waals surface area contributed by atoms with E-state index in [1.807, 2.05) is 24.3 Å². The second-order valence-corrected chi connectivity index (χ2v) is 5.59. The summed E-state index contributed by atoms with van der Waals surface area (Å²) in [6.07, 6.45) is 1.58. The molecule has 19 heavy (non-hydrogen) atoms. The highest BCUT2D eigenvalue weighted by Crippen LogP contribution is 2.23. The van der Waals surface area contributed by atoms with Crippen molar-refractivity contribution in [2.45, 2.75) is 26.2 Å². The van der Waals surface area contributed by atoms with Crippen LogP contribution in [-0.2, 0) is 5.41 Å². The van der Waals surface area contributed by atoms with E-state index in [0.29, 0.717) is 11.1 Å². The summed E-state index contributed by atoms with van der Waals surface area (Å²) in [6, 6.07) is 11.1. The van der Waals surface area contributed by atoms with Crippen molar-refractivity contribution in [2.75, 3.05) is 5.73 Å². The molecule has 0 radical (unpaired) electrons. The summed E-state index contributed by atoms with van der Waals surface area (Å²) < 4.78 is 0.